The topological polar surface area (TPSA) is 94.2 Å². The standard InChI is InChI=1S/C17H13N3O4S2/c1-11-10-16(18-24-11)19-26(22,23)13-8-6-12(7-9-13)20-17(21)14-4-2-3-5-15(14)25-20/h2-10H,1H3,(H,18,19). The Bertz CT molecular complexity index is 1250. The van der Waals surface area contributed by atoms with Gasteiger partial charge in [-0.25, -0.2) is 12.4 Å². The lowest BCUT2D eigenvalue weighted by molar-refractivity contribution is 0.400. The van der Waals surface area contributed by atoms with Crippen LogP contribution >= 0.6 is 11.5 Å². The maximum atomic E-state index is 12.5. The summed E-state index contributed by atoms with van der Waals surface area (Å²) in [6.45, 7) is 1.67. The van der Waals surface area contributed by atoms with Crippen LogP contribution in [0.4, 0.5) is 5.82 Å². The molecule has 0 aliphatic heterocycles. The first-order valence-corrected chi connectivity index (χ1v) is 9.87. The van der Waals surface area contributed by atoms with Crippen molar-refractivity contribution >= 4 is 37.5 Å². The van der Waals surface area contributed by atoms with Crippen molar-refractivity contribution in [3.05, 3.63) is 70.7 Å². The summed E-state index contributed by atoms with van der Waals surface area (Å²) in [6.07, 6.45) is 0. The summed E-state index contributed by atoms with van der Waals surface area (Å²) in [4.78, 5) is 12.5. The molecule has 0 aliphatic rings. The van der Waals surface area contributed by atoms with Gasteiger partial charge in [0.2, 0.25) is 0 Å². The smallest absolute Gasteiger partial charge is 0.273 e. The van der Waals surface area contributed by atoms with Gasteiger partial charge >= 0.3 is 0 Å². The van der Waals surface area contributed by atoms with E-state index in [0.717, 1.165) is 4.70 Å². The number of benzene rings is 2. The van der Waals surface area contributed by atoms with Crippen LogP contribution in [0.15, 0.2) is 68.8 Å². The zero-order valence-corrected chi connectivity index (χ0v) is 15.2. The average Bonchev–Trinajstić information content (AvgIpc) is 3.18. The normalized spacial score (nSPS) is 11.7. The second kappa shape index (κ2) is 6.11. The van der Waals surface area contributed by atoms with E-state index in [-0.39, 0.29) is 16.3 Å². The van der Waals surface area contributed by atoms with Gasteiger partial charge in [-0.1, -0.05) is 28.8 Å². The van der Waals surface area contributed by atoms with Crippen LogP contribution in [0.5, 0.6) is 0 Å². The van der Waals surface area contributed by atoms with Gasteiger partial charge in [-0.2, -0.15) is 0 Å². The third-order valence-corrected chi connectivity index (χ3v) is 6.22. The van der Waals surface area contributed by atoms with Crippen LogP contribution in [-0.4, -0.2) is 17.5 Å². The maximum Gasteiger partial charge on any atom is 0.273 e. The zero-order valence-electron chi connectivity index (χ0n) is 13.5. The molecule has 2 aromatic heterocycles. The molecular weight excluding hydrogens is 374 g/mol. The number of nitrogens with one attached hydrogen (secondary N) is 1. The number of hydrogen-bond acceptors (Lipinski definition) is 6. The van der Waals surface area contributed by atoms with E-state index in [1.807, 2.05) is 18.2 Å². The largest absolute Gasteiger partial charge is 0.360 e. The van der Waals surface area contributed by atoms with E-state index >= 15 is 0 Å². The van der Waals surface area contributed by atoms with Crippen molar-refractivity contribution in [3.63, 3.8) is 0 Å². The minimum atomic E-state index is -3.79. The number of rotatable bonds is 4. The second-order valence-electron chi connectivity index (χ2n) is 5.61. The fourth-order valence-corrected chi connectivity index (χ4v) is 4.50. The summed E-state index contributed by atoms with van der Waals surface area (Å²) in [5, 5.41) is 4.25. The van der Waals surface area contributed by atoms with Crippen molar-refractivity contribution in [3.8, 4) is 5.69 Å². The van der Waals surface area contributed by atoms with Crippen LogP contribution in [0, 0.1) is 6.92 Å². The first kappa shape index (κ1) is 16.6. The molecule has 0 aliphatic carbocycles. The lowest BCUT2D eigenvalue weighted by Gasteiger charge is -2.06. The van der Waals surface area contributed by atoms with E-state index in [9.17, 15) is 13.2 Å². The third-order valence-electron chi connectivity index (χ3n) is 3.74. The molecule has 4 aromatic rings. The molecule has 132 valence electrons. The van der Waals surface area contributed by atoms with E-state index in [1.165, 1.54) is 33.7 Å². The predicted octanol–water partition coefficient (Wildman–Crippen LogP) is 3.15. The Morgan fingerprint density at radius 1 is 1.12 bits per heavy atom. The van der Waals surface area contributed by atoms with Crippen molar-refractivity contribution in [2.45, 2.75) is 11.8 Å². The first-order chi connectivity index (χ1) is 12.4. The molecule has 2 aromatic carbocycles. The Morgan fingerprint density at radius 3 is 2.50 bits per heavy atom. The molecule has 1 N–H and O–H groups in total. The Hall–Kier alpha value is -2.91. The molecule has 0 saturated heterocycles. The summed E-state index contributed by atoms with van der Waals surface area (Å²) in [6, 6.07) is 14.9. The Balaban J connectivity index is 1.68. The van der Waals surface area contributed by atoms with Crippen molar-refractivity contribution in [2.75, 3.05) is 4.72 Å². The van der Waals surface area contributed by atoms with Crippen LogP contribution in [-0.2, 0) is 10.0 Å². The Labute approximate surface area is 152 Å². The molecule has 0 unspecified atom stereocenters. The van der Waals surface area contributed by atoms with E-state index < -0.39 is 10.0 Å². The molecule has 0 fully saturated rings. The molecule has 7 nitrogen and oxygen atoms in total. The molecule has 2 heterocycles. The summed E-state index contributed by atoms with van der Waals surface area (Å²) in [7, 11) is -3.79. The number of nitrogens with zero attached hydrogens (tertiary/aromatic N) is 2. The molecule has 0 atom stereocenters. The molecule has 0 bridgehead atoms. The second-order valence-corrected chi connectivity index (χ2v) is 8.28. The van der Waals surface area contributed by atoms with Gasteiger partial charge in [-0.15, -0.1) is 0 Å². The van der Waals surface area contributed by atoms with Gasteiger partial charge in [0, 0.05) is 6.07 Å². The number of anilines is 1. The number of aromatic nitrogens is 2. The third kappa shape index (κ3) is 2.91. The van der Waals surface area contributed by atoms with Gasteiger partial charge in [0.1, 0.15) is 5.76 Å². The molecule has 9 heteroatoms. The van der Waals surface area contributed by atoms with Crippen LogP contribution in [0.25, 0.3) is 15.8 Å². The van der Waals surface area contributed by atoms with Crippen LogP contribution < -0.4 is 10.3 Å². The maximum absolute atomic E-state index is 12.5. The van der Waals surface area contributed by atoms with Crippen LogP contribution in [0.1, 0.15) is 5.76 Å². The fraction of sp³-hybridized carbons (Fsp3) is 0.0588. The summed E-state index contributed by atoms with van der Waals surface area (Å²) in [5.41, 5.74) is 0.477. The van der Waals surface area contributed by atoms with Crippen molar-refractivity contribution in [1.82, 2.24) is 9.11 Å². The highest BCUT2D eigenvalue weighted by atomic mass is 32.2. The number of fused-ring (bicyclic) bond motifs is 1. The molecule has 26 heavy (non-hydrogen) atoms. The molecule has 0 saturated carbocycles. The molecule has 0 amide bonds. The van der Waals surface area contributed by atoms with Gasteiger partial charge in [0.25, 0.3) is 15.6 Å². The lowest BCUT2D eigenvalue weighted by Crippen LogP contribution is -2.14. The average molecular weight is 387 g/mol. The first-order valence-electron chi connectivity index (χ1n) is 7.62. The summed E-state index contributed by atoms with van der Waals surface area (Å²) < 4.78 is 34.4. The number of aryl methyl sites for hydroxylation is 1. The van der Waals surface area contributed by atoms with Crippen molar-refractivity contribution in [2.24, 2.45) is 0 Å². The minimum Gasteiger partial charge on any atom is -0.360 e. The van der Waals surface area contributed by atoms with E-state index in [1.54, 1.807) is 25.1 Å². The minimum absolute atomic E-state index is 0.0658. The van der Waals surface area contributed by atoms with Gasteiger partial charge in [0.05, 0.1) is 20.7 Å². The zero-order chi connectivity index (χ0) is 18.3. The van der Waals surface area contributed by atoms with Crippen molar-refractivity contribution in [1.29, 1.82) is 0 Å². The quantitative estimate of drug-likeness (QED) is 0.580. The highest BCUT2D eigenvalue weighted by molar-refractivity contribution is 7.92. The van der Waals surface area contributed by atoms with E-state index in [0.29, 0.717) is 16.8 Å². The number of hydrogen-bond donors (Lipinski definition) is 1. The molecular formula is C17H13N3O4S2. The lowest BCUT2D eigenvalue weighted by atomic mass is 10.3. The van der Waals surface area contributed by atoms with Gasteiger partial charge in [0.15, 0.2) is 5.82 Å². The van der Waals surface area contributed by atoms with Gasteiger partial charge in [-0.3, -0.25) is 9.52 Å². The molecule has 4 rings (SSSR count). The number of sulfonamides is 1. The van der Waals surface area contributed by atoms with Gasteiger partial charge < -0.3 is 4.52 Å². The van der Waals surface area contributed by atoms with Crippen LogP contribution in [0.2, 0.25) is 0 Å². The molecule has 0 radical (unpaired) electrons. The predicted molar refractivity (Wildman–Crippen MR) is 99.5 cm³/mol. The highest BCUT2D eigenvalue weighted by Gasteiger charge is 2.17. The monoisotopic (exact) mass is 387 g/mol. The fourth-order valence-electron chi connectivity index (χ4n) is 2.51. The SMILES string of the molecule is Cc1cc(NS(=O)(=O)c2ccc(-n3sc4ccccc4c3=O)cc2)no1. The molecule has 0 spiro atoms. The van der Waals surface area contributed by atoms with Crippen LogP contribution in [0.3, 0.4) is 0 Å². The Kier molecular flexibility index (Phi) is 3.89. The van der Waals surface area contributed by atoms with E-state index in [2.05, 4.69) is 9.88 Å². The summed E-state index contributed by atoms with van der Waals surface area (Å²) in [5.74, 6) is 0.620. The Morgan fingerprint density at radius 2 is 1.85 bits per heavy atom. The summed E-state index contributed by atoms with van der Waals surface area (Å²) >= 11 is 1.31. The van der Waals surface area contributed by atoms with Crippen molar-refractivity contribution < 1.29 is 12.9 Å². The van der Waals surface area contributed by atoms with E-state index in [4.69, 9.17) is 4.52 Å². The van der Waals surface area contributed by atoms with Gasteiger partial charge in [-0.05, 0) is 43.3 Å². The highest BCUT2D eigenvalue weighted by Crippen LogP contribution is 2.22.